The van der Waals surface area contributed by atoms with Gasteiger partial charge in [0, 0.05) is 28.7 Å². The molecular weight excluding hydrogens is 384 g/mol. The molecule has 0 bridgehead atoms. The van der Waals surface area contributed by atoms with Gasteiger partial charge in [0.15, 0.2) is 11.5 Å². The van der Waals surface area contributed by atoms with Crippen molar-refractivity contribution < 1.29 is 9.53 Å². The molecule has 0 spiro atoms. The number of likely N-dealkylation sites (tertiary alicyclic amines) is 1. The van der Waals surface area contributed by atoms with Crippen molar-refractivity contribution >= 4 is 22.9 Å². The minimum absolute atomic E-state index is 0.0532. The Morgan fingerprint density at radius 2 is 2.03 bits per heavy atom. The highest BCUT2D eigenvalue weighted by molar-refractivity contribution is 7.17. The number of fused-ring (bicyclic) bond motifs is 4. The third kappa shape index (κ3) is 2.57. The van der Waals surface area contributed by atoms with Crippen molar-refractivity contribution in [1.82, 2.24) is 19.5 Å². The second-order valence-corrected chi connectivity index (χ2v) is 8.45. The van der Waals surface area contributed by atoms with E-state index in [-0.39, 0.29) is 11.9 Å². The SMILES string of the molecule is O=C(c1cc2c(s1)-c1ccccc1OC2)N1CCCC1c1nnc2ccccn12. The molecule has 2 aliphatic heterocycles. The lowest BCUT2D eigenvalue weighted by atomic mass is 10.1. The van der Waals surface area contributed by atoms with Gasteiger partial charge in [-0.2, -0.15) is 0 Å². The maximum Gasteiger partial charge on any atom is 0.264 e. The minimum atomic E-state index is -0.0532. The number of hydrogen-bond acceptors (Lipinski definition) is 5. The van der Waals surface area contributed by atoms with Gasteiger partial charge in [0.25, 0.3) is 5.91 Å². The van der Waals surface area contributed by atoms with Crippen LogP contribution in [0.5, 0.6) is 5.75 Å². The lowest BCUT2D eigenvalue weighted by molar-refractivity contribution is 0.0734. The number of nitrogens with zero attached hydrogens (tertiary/aromatic N) is 4. The Balaban J connectivity index is 1.36. The number of carbonyl (C=O) groups excluding carboxylic acids is 1. The molecule has 1 unspecified atom stereocenters. The zero-order chi connectivity index (χ0) is 19.4. The van der Waals surface area contributed by atoms with E-state index in [0.717, 1.165) is 57.5 Å². The van der Waals surface area contributed by atoms with Gasteiger partial charge in [-0.05, 0) is 43.2 Å². The molecular formula is C22H18N4O2S. The summed E-state index contributed by atoms with van der Waals surface area (Å²) in [5, 5.41) is 8.67. The van der Waals surface area contributed by atoms with Crippen LogP contribution in [0.2, 0.25) is 0 Å². The second kappa shape index (κ2) is 6.42. The van der Waals surface area contributed by atoms with Crippen molar-refractivity contribution in [1.29, 1.82) is 0 Å². The molecule has 6 nitrogen and oxygen atoms in total. The van der Waals surface area contributed by atoms with E-state index in [1.165, 1.54) is 0 Å². The first-order valence-electron chi connectivity index (χ1n) is 9.75. The number of rotatable bonds is 2. The number of carbonyl (C=O) groups is 1. The van der Waals surface area contributed by atoms with Crippen LogP contribution >= 0.6 is 11.3 Å². The highest BCUT2D eigenvalue weighted by Gasteiger charge is 2.35. The van der Waals surface area contributed by atoms with Crippen molar-refractivity contribution in [3.63, 3.8) is 0 Å². The second-order valence-electron chi connectivity index (χ2n) is 7.39. The van der Waals surface area contributed by atoms with Crippen LogP contribution in [0, 0.1) is 0 Å². The van der Waals surface area contributed by atoms with Crippen LogP contribution in [-0.4, -0.2) is 31.9 Å². The average Bonchev–Trinajstić information content (AvgIpc) is 3.50. The van der Waals surface area contributed by atoms with Gasteiger partial charge < -0.3 is 9.64 Å². The third-order valence-electron chi connectivity index (χ3n) is 5.69. The third-order valence-corrected chi connectivity index (χ3v) is 6.89. The molecule has 1 atom stereocenters. The van der Waals surface area contributed by atoms with Crippen molar-refractivity contribution in [3.8, 4) is 16.2 Å². The molecule has 5 heterocycles. The van der Waals surface area contributed by atoms with Crippen LogP contribution in [0.3, 0.4) is 0 Å². The summed E-state index contributed by atoms with van der Waals surface area (Å²) in [6.45, 7) is 1.25. The van der Waals surface area contributed by atoms with Crippen LogP contribution in [0.4, 0.5) is 0 Å². The fourth-order valence-corrected chi connectivity index (χ4v) is 5.46. The van der Waals surface area contributed by atoms with E-state index in [0.29, 0.717) is 6.61 Å². The van der Waals surface area contributed by atoms with Crippen LogP contribution in [-0.2, 0) is 6.61 Å². The first-order valence-corrected chi connectivity index (χ1v) is 10.6. The summed E-state index contributed by atoms with van der Waals surface area (Å²) in [4.78, 5) is 17.3. The maximum atomic E-state index is 13.5. The molecule has 0 aliphatic carbocycles. The molecule has 2 aliphatic rings. The van der Waals surface area contributed by atoms with E-state index < -0.39 is 0 Å². The molecule has 6 rings (SSSR count). The molecule has 0 N–H and O–H groups in total. The van der Waals surface area contributed by atoms with E-state index in [9.17, 15) is 4.79 Å². The fraction of sp³-hybridized carbons (Fsp3) is 0.227. The van der Waals surface area contributed by atoms with E-state index in [1.54, 1.807) is 11.3 Å². The zero-order valence-corrected chi connectivity index (χ0v) is 16.4. The van der Waals surface area contributed by atoms with Gasteiger partial charge in [0.05, 0.1) is 10.9 Å². The topological polar surface area (TPSA) is 59.7 Å². The van der Waals surface area contributed by atoms with Crippen molar-refractivity contribution in [2.45, 2.75) is 25.5 Å². The predicted molar refractivity (Wildman–Crippen MR) is 110 cm³/mol. The van der Waals surface area contributed by atoms with Crippen LogP contribution < -0.4 is 4.74 Å². The number of para-hydroxylation sites is 1. The molecule has 144 valence electrons. The summed E-state index contributed by atoms with van der Waals surface area (Å²) in [5.74, 6) is 1.79. The first kappa shape index (κ1) is 16.7. The number of aromatic nitrogens is 3. The maximum absolute atomic E-state index is 13.5. The van der Waals surface area contributed by atoms with E-state index in [1.807, 2.05) is 58.0 Å². The molecule has 3 aromatic heterocycles. The lowest BCUT2D eigenvalue weighted by Crippen LogP contribution is -2.31. The van der Waals surface area contributed by atoms with E-state index in [2.05, 4.69) is 16.3 Å². The van der Waals surface area contributed by atoms with Crippen molar-refractivity contribution in [2.75, 3.05) is 6.54 Å². The first-order chi connectivity index (χ1) is 14.3. The summed E-state index contributed by atoms with van der Waals surface area (Å²) in [5.41, 5.74) is 2.96. The summed E-state index contributed by atoms with van der Waals surface area (Å²) in [6.07, 6.45) is 3.83. The van der Waals surface area contributed by atoms with Gasteiger partial charge in [-0.3, -0.25) is 9.20 Å². The normalized spacial score (nSPS) is 17.8. The Kier molecular flexibility index (Phi) is 3.70. The number of thiophene rings is 1. The molecule has 1 fully saturated rings. The fourth-order valence-electron chi connectivity index (χ4n) is 4.31. The zero-order valence-electron chi connectivity index (χ0n) is 15.6. The minimum Gasteiger partial charge on any atom is -0.488 e. The van der Waals surface area contributed by atoms with E-state index in [4.69, 9.17) is 4.74 Å². The molecule has 0 radical (unpaired) electrons. The highest BCUT2D eigenvalue weighted by Crippen LogP contribution is 2.43. The Morgan fingerprint density at radius 3 is 3.00 bits per heavy atom. The van der Waals surface area contributed by atoms with Gasteiger partial charge >= 0.3 is 0 Å². The molecule has 1 saturated heterocycles. The molecule has 0 saturated carbocycles. The van der Waals surface area contributed by atoms with Gasteiger partial charge in [0.2, 0.25) is 0 Å². The van der Waals surface area contributed by atoms with Gasteiger partial charge in [-0.15, -0.1) is 21.5 Å². The standard InChI is InChI=1S/C22H18N4O2S/c27-22(18-12-14-13-28-17-8-2-1-6-15(17)20(14)29-18)25-11-5-7-16(25)21-24-23-19-9-3-4-10-26(19)21/h1-4,6,8-10,12,16H,5,7,11,13H2. The van der Waals surface area contributed by atoms with Gasteiger partial charge in [-0.25, -0.2) is 0 Å². The van der Waals surface area contributed by atoms with Gasteiger partial charge in [-0.1, -0.05) is 18.2 Å². The van der Waals surface area contributed by atoms with E-state index >= 15 is 0 Å². The molecule has 4 aromatic rings. The summed E-state index contributed by atoms with van der Waals surface area (Å²) in [6, 6.07) is 15.8. The smallest absolute Gasteiger partial charge is 0.264 e. The van der Waals surface area contributed by atoms with Crippen LogP contribution in [0.15, 0.2) is 54.7 Å². The summed E-state index contributed by atoms with van der Waals surface area (Å²) in [7, 11) is 0. The average molecular weight is 402 g/mol. The predicted octanol–water partition coefficient (Wildman–Crippen LogP) is 4.33. The number of ether oxygens (including phenoxy) is 1. The Bertz CT molecular complexity index is 1240. The number of amides is 1. The highest BCUT2D eigenvalue weighted by atomic mass is 32.1. The monoisotopic (exact) mass is 402 g/mol. The number of hydrogen-bond donors (Lipinski definition) is 0. The van der Waals surface area contributed by atoms with Crippen LogP contribution in [0.1, 0.15) is 39.9 Å². The molecule has 29 heavy (non-hydrogen) atoms. The quantitative estimate of drug-likeness (QED) is 0.501. The lowest BCUT2D eigenvalue weighted by Gasteiger charge is -2.22. The largest absolute Gasteiger partial charge is 0.488 e. The number of benzene rings is 1. The van der Waals surface area contributed by atoms with Crippen molar-refractivity contribution in [2.24, 2.45) is 0 Å². The number of pyridine rings is 1. The van der Waals surface area contributed by atoms with Crippen LogP contribution in [0.25, 0.3) is 16.1 Å². The molecule has 7 heteroatoms. The Morgan fingerprint density at radius 1 is 1.14 bits per heavy atom. The summed E-state index contributed by atoms with van der Waals surface area (Å²) < 4.78 is 7.84. The Labute approximate surface area is 171 Å². The molecule has 1 aromatic carbocycles. The summed E-state index contributed by atoms with van der Waals surface area (Å²) >= 11 is 1.56. The Hall–Kier alpha value is -3.19. The molecule has 1 amide bonds. The van der Waals surface area contributed by atoms with Crippen molar-refractivity contribution in [3.05, 3.63) is 71.0 Å². The van der Waals surface area contributed by atoms with Gasteiger partial charge in [0.1, 0.15) is 12.4 Å².